The van der Waals surface area contributed by atoms with Crippen LogP contribution in [0, 0.1) is 0 Å². The lowest BCUT2D eigenvalue weighted by Gasteiger charge is -2.26. The molecule has 7 nitrogen and oxygen atoms in total. The summed E-state index contributed by atoms with van der Waals surface area (Å²) in [4.78, 5) is 23.2. The second kappa shape index (κ2) is 7.29. The van der Waals surface area contributed by atoms with E-state index in [2.05, 4.69) is 10.0 Å². The van der Waals surface area contributed by atoms with Crippen LogP contribution in [0.1, 0.15) is 27.2 Å². The number of sulfonamides is 1. The predicted molar refractivity (Wildman–Crippen MR) is 85.7 cm³/mol. The summed E-state index contributed by atoms with van der Waals surface area (Å²) in [6.45, 7) is 4.30. The first-order valence-corrected chi connectivity index (χ1v) is 8.71. The molecule has 1 amide bonds. The number of rotatable bonds is 7. The van der Waals surface area contributed by atoms with Gasteiger partial charge in [-0.2, -0.15) is 4.72 Å². The molecule has 9 heteroatoms. The number of carboxylic acid groups (broad SMARTS) is 1. The fourth-order valence-corrected chi connectivity index (χ4v) is 2.97. The Hall–Kier alpha value is -1.64. The first kappa shape index (κ1) is 19.4. The Morgan fingerprint density at radius 1 is 1.30 bits per heavy atom. The Kier molecular flexibility index (Phi) is 6.15. The van der Waals surface area contributed by atoms with Gasteiger partial charge in [0.2, 0.25) is 15.9 Å². The Labute approximate surface area is 140 Å². The average molecular weight is 363 g/mol. The zero-order valence-corrected chi connectivity index (χ0v) is 14.5. The first-order chi connectivity index (χ1) is 10.5. The van der Waals surface area contributed by atoms with Crippen molar-refractivity contribution in [3.63, 3.8) is 0 Å². The van der Waals surface area contributed by atoms with Gasteiger partial charge >= 0.3 is 5.97 Å². The van der Waals surface area contributed by atoms with E-state index in [4.69, 9.17) is 16.7 Å². The third-order valence-corrected chi connectivity index (χ3v) is 5.24. The third-order valence-electron chi connectivity index (χ3n) is 3.43. The molecule has 23 heavy (non-hydrogen) atoms. The topological polar surface area (TPSA) is 113 Å². The molecule has 0 heterocycles. The Balaban J connectivity index is 2.86. The second-order valence-electron chi connectivity index (χ2n) is 5.28. The summed E-state index contributed by atoms with van der Waals surface area (Å²) in [6, 6.07) is 4.31. The number of carbonyl (C=O) groups excluding carboxylic acids is 1. The van der Waals surface area contributed by atoms with E-state index in [9.17, 15) is 18.0 Å². The van der Waals surface area contributed by atoms with Crippen LogP contribution in [0.2, 0.25) is 5.02 Å². The molecule has 0 spiro atoms. The van der Waals surface area contributed by atoms with Crippen molar-refractivity contribution >= 4 is 33.5 Å². The maximum atomic E-state index is 12.2. The average Bonchev–Trinajstić information content (AvgIpc) is 2.46. The van der Waals surface area contributed by atoms with Gasteiger partial charge in [0.15, 0.2) is 0 Å². The van der Waals surface area contributed by atoms with Crippen LogP contribution in [-0.2, 0) is 19.6 Å². The lowest BCUT2D eigenvalue weighted by molar-refractivity contribution is -0.147. The number of benzene rings is 1. The summed E-state index contributed by atoms with van der Waals surface area (Å²) < 4.78 is 26.6. The number of halogens is 1. The van der Waals surface area contributed by atoms with Crippen LogP contribution >= 0.6 is 11.6 Å². The van der Waals surface area contributed by atoms with Gasteiger partial charge in [-0.05, 0) is 44.5 Å². The van der Waals surface area contributed by atoms with Gasteiger partial charge < -0.3 is 10.4 Å². The van der Waals surface area contributed by atoms with Gasteiger partial charge in [0.25, 0.3) is 0 Å². The smallest absolute Gasteiger partial charge is 0.329 e. The van der Waals surface area contributed by atoms with Gasteiger partial charge in [0.05, 0.1) is 10.9 Å². The highest BCUT2D eigenvalue weighted by Gasteiger charge is 2.34. The quantitative estimate of drug-likeness (QED) is 0.678. The third kappa shape index (κ3) is 4.92. The molecule has 2 atom stereocenters. The van der Waals surface area contributed by atoms with Crippen LogP contribution in [0.5, 0.6) is 0 Å². The number of amides is 1. The molecule has 1 aromatic carbocycles. The van der Waals surface area contributed by atoms with Crippen LogP contribution in [-0.4, -0.2) is 37.0 Å². The number of aliphatic carboxylic acids is 1. The molecule has 0 radical (unpaired) electrons. The van der Waals surface area contributed by atoms with Crippen molar-refractivity contribution in [3.8, 4) is 0 Å². The van der Waals surface area contributed by atoms with Crippen LogP contribution in [0.25, 0.3) is 0 Å². The number of nitrogens with one attached hydrogen (secondary N) is 2. The highest BCUT2D eigenvalue weighted by molar-refractivity contribution is 7.89. The monoisotopic (exact) mass is 362 g/mol. The molecule has 0 aromatic heterocycles. The van der Waals surface area contributed by atoms with Crippen molar-refractivity contribution in [1.82, 2.24) is 10.0 Å². The minimum absolute atomic E-state index is 0.0435. The van der Waals surface area contributed by atoms with E-state index in [1.165, 1.54) is 38.1 Å². The largest absolute Gasteiger partial charge is 0.480 e. The van der Waals surface area contributed by atoms with Crippen molar-refractivity contribution in [3.05, 3.63) is 29.3 Å². The van der Waals surface area contributed by atoms with E-state index in [1.54, 1.807) is 6.92 Å². The van der Waals surface area contributed by atoms with Crippen LogP contribution in [0.3, 0.4) is 0 Å². The number of hydrogen-bond acceptors (Lipinski definition) is 4. The van der Waals surface area contributed by atoms with E-state index in [0.717, 1.165) is 0 Å². The number of carbonyl (C=O) groups is 2. The van der Waals surface area contributed by atoms with Gasteiger partial charge in [0.1, 0.15) is 5.54 Å². The summed E-state index contributed by atoms with van der Waals surface area (Å²) in [5, 5.41) is 11.9. The van der Waals surface area contributed by atoms with Crippen molar-refractivity contribution < 1.29 is 23.1 Å². The van der Waals surface area contributed by atoms with Crippen LogP contribution < -0.4 is 10.0 Å². The van der Waals surface area contributed by atoms with E-state index >= 15 is 0 Å². The van der Waals surface area contributed by atoms with Crippen molar-refractivity contribution in [2.45, 2.75) is 43.7 Å². The molecule has 0 bridgehead atoms. The standard InChI is InChI=1S/C14H19ClN2O5S/c1-4-14(3,13(19)20)16-12(18)9(2)17-23(21,22)11-7-5-10(15)6-8-11/h5-9,17H,4H2,1-3H3,(H,16,18)(H,19,20). The molecule has 0 saturated carbocycles. The minimum atomic E-state index is -3.92. The van der Waals surface area contributed by atoms with E-state index in [0.29, 0.717) is 5.02 Å². The van der Waals surface area contributed by atoms with Crippen molar-refractivity contribution in [2.75, 3.05) is 0 Å². The van der Waals surface area contributed by atoms with Gasteiger partial charge in [-0.3, -0.25) is 4.79 Å². The molecule has 3 N–H and O–H groups in total. The zero-order valence-electron chi connectivity index (χ0n) is 13.0. The maximum Gasteiger partial charge on any atom is 0.329 e. The number of carboxylic acids is 1. The zero-order chi connectivity index (χ0) is 17.8. The van der Waals surface area contributed by atoms with Gasteiger partial charge in [-0.1, -0.05) is 18.5 Å². The highest BCUT2D eigenvalue weighted by atomic mass is 35.5. The summed E-state index contributed by atoms with van der Waals surface area (Å²) >= 11 is 5.70. The van der Waals surface area contributed by atoms with Gasteiger partial charge in [-0.15, -0.1) is 0 Å². The summed E-state index contributed by atoms with van der Waals surface area (Å²) in [5.41, 5.74) is -1.46. The molecule has 0 aliphatic rings. The Morgan fingerprint density at radius 3 is 2.26 bits per heavy atom. The minimum Gasteiger partial charge on any atom is -0.480 e. The predicted octanol–water partition coefficient (Wildman–Crippen LogP) is 1.38. The highest BCUT2D eigenvalue weighted by Crippen LogP contribution is 2.15. The lowest BCUT2D eigenvalue weighted by Crippen LogP contribution is -2.56. The maximum absolute atomic E-state index is 12.2. The summed E-state index contributed by atoms with van der Waals surface area (Å²) in [6.07, 6.45) is 0.157. The Bertz CT molecular complexity index is 690. The Morgan fingerprint density at radius 2 is 1.83 bits per heavy atom. The van der Waals surface area contributed by atoms with E-state index in [1.807, 2.05) is 0 Å². The molecular weight excluding hydrogens is 344 g/mol. The number of hydrogen-bond donors (Lipinski definition) is 3. The van der Waals surface area contributed by atoms with E-state index in [-0.39, 0.29) is 11.3 Å². The normalized spacial score (nSPS) is 15.5. The SMILES string of the molecule is CCC(C)(NC(=O)C(C)NS(=O)(=O)c1ccc(Cl)cc1)C(=O)O. The van der Waals surface area contributed by atoms with Gasteiger partial charge in [-0.25, -0.2) is 13.2 Å². The summed E-state index contributed by atoms with van der Waals surface area (Å²) in [7, 11) is -3.92. The van der Waals surface area contributed by atoms with Crippen molar-refractivity contribution in [2.24, 2.45) is 0 Å². The van der Waals surface area contributed by atoms with Crippen LogP contribution in [0.15, 0.2) is 29.2 Å². The van der Waals surface area contributed by atoms with E-state index < -0.39 is 33.5 Å². The fourth-order valence-electron chi connectivity index (χ4n) is 1.64. The fraction of sp³-hybridized carbons (Fsp3) is 0.429. The molecule has 0 saturated heterocycles. The first-order valence-electron chi connectivity index (χ1n) is 6.85. The molecular formula is C14H19ClN2O5S. The molecule has 0 aliphatic heterocycles. The molecule has 0 fully saturated rings. The molecule has 1 rings (SSSR count). The molecule has 1 aromatic rings. The lowest BCUT2D eigenvalue weighted by atomic mass is 9.99. The van der Waals surface area contributed by atoms with Gasteiger partial charge in [0, 0.05) is 5.02 Å². The molecule has 2 unspecified atom stereocenters. The van der Waals surface area contributed by atoms with Crippen LogP contribution in [0.4, 0.5) is 0 Å². The molecule has 0 aliphatic carbocycles. The second-order valence-corrected chi connectivity index (χ2v) is 7.43. The summed E-state index contributed by atoms with van der Waals surface area (Å²) in [5.74, 6) is -1.92. The molecule has 128 valence electrons. The van der Waals surface area contributed by atoms with Crippen molar-refractivity contribution in [1.29, 1.82) is 0 Å².